The average Bonchev–Trinajstić information content (AvgIpc) is 3.02. The van der Waals surface area contributed by atoms with Gasteiger partial charge in [-0.2, -0.15) is 5.26 Å². The van der Waals surface area contributed by atoms with Gasteiger partial charge in [-0.15, -0.1) is 6.58 Å². The number of amides is 1. The van der Waals surface area contributed by atoms with Crippen molar-refractivity contribution in [2.75, 3.05) is 13.2 Å². The summed E-state index contributed by atoms with van der Waals surface area (Å²) < 4.78 is 5.85. The SMILES string of the molecule is C=CC[C@@H]1C[C@@H](COc2ccc(-c3ccc(C#N)cc3)cc2)N(CC(=O)O)C1=O. The molecule has 1 heterocycles. The van der Waals surface area contributed by atoms with E-state index in [4.69, 9.17) is 15.1 Å². The maximum Gasteiger partial charge on any atom is 0.323 e. The van der Waals surface area contributed by atoms with Crippen LogP contribution in [0.3, 0.4) is 0 Å². The first-order valence-electron chi connectivity index (χ1n) is 9.38. The normalized spacial score (nSPS) is 18.3. The second kappa shape index (κ2) is 9.07. The topological polar surface area (TPSA) is 90.6 Å². The molecule has 29 heavy (non-hydrogen) atoms. The Morgan fingerprint density at radius 3 is 2.38 bits per heavy atom. The summed E-state index contributed by atoms with van der Waals surface area (Å²) in [4.78, 5) is 25.0. The third-order valence-corrected chi connectivity index (χ3v) is 5.03. The zero-order valence-corrected chi connectivity index (χ0v) is 16.0. The number of ether oxygens (including phenoxy) is 1. The van der Waals surface area contributed by atoms with Crippen LogP contribution in [0, 0.1) is 17.2 Å². The molecule has 148 valence electrons. The molecule has 0 aliphatic carbocycles. The number of carbonyl (C=O) groups is 2. The van der Waals surface area contributed by atoms with Crippen molar-refractivity contribution in [2.45, 2.75) is 18.9 Å². The first kappa shape index (κ1) is 20.2. The van der Waals surface area contributed by atoms with Gasteiger partial charge in [0.15, 0.2) is 0 Å². The Morgan fingerprint density at radius 1 is 1.21 bits per heavy atom. The van der Waals surface area contributed by atoms with Crippen LogP contribution in [0.25, 0.3) is 11.1 Å². The highest BCUT2D eigenvalue weighted by Crippen LogP contribution is 2.29. The Hall–Kier alpha value is -3.59. The van der Waals surface area contributed by atoms with Gasteiger partial charge in [-0.1, -0.05) is 30.3 Å². The van der Waals surface area contributed by atoms with Gasteiger partial charge in [0.2, 0.25) is 5.91 Å². The molecule has 0 aromatic heterocycles. The molecular weight excluding hydrogens is 368 g/mol. The molecule has 1 aliphatic rings. The summed E-state index contributed by atoms with van der Waals surface area (Å²) in [5.41, 5.74) is 2.61. The highest BCUT2D eigenvalue weighted by atomic mass is 16.5. The molecule has 1 saturated heterocycles. The summed E-state index contributed by atoms with van der Waals surface area (Å²) in [6.07, 6.45) is 2.78. The molecule has 0 spiro atoms. The Bertz CT molecular complexity index is 929. The summed E-state index contributed by atoms with van der Waals surface area (Å²) in [6.45, 7) is 3.59. The Labute approximate surface area is 169 Å². The van der Waals surface area contributed by atoms with Crippen LogP contribution >= 0.6 is 0 Å². The number of likely N-dealkylation sites (tertiary alicyclic amines) is 1. The number of hydrogen-bond donors (Lipinski definition) is 1. The third-order valence-electron chi connectivity index (χ3n) is 5.03. The Balaban J connectivity index is 1.65. The number of hydrogen-bond acceptors (Lipinski definition) is 4. The molecule has 2 atom stereocenters. The number of aliphatic carboxylic acids is 1. The second-order valence-corrected chi connectivity index (χ2v) is 7.00. The van der Waals surface area contributed by atoms with Crippen molar-refractivity contribution in [1.29, 1.82) is 5.26 Å². The van der Waals surface area contributed by atoms with Gasteiger partial charge in [-0.25, -0.2) is 0 Å². The summed E-state index contributed by atoms with van der Waals surface area (Å²) in [7, 11) is 0. The van der Waals surface area contributed by atoms with Crippen molar-refractivity contribution in [3.05, 3.63) is 66.7 Å². The number of allylic oxidation sites excluding steroid dienone is 1. The monoisotopic (exact) mass is 390 g/mol. The molecule has 3 rings (SSSR count). The molecule has 0 unspecified atom stereocenters. The summed E-state index contributed by atoms with van der Waals surface area (Å²) in [5, 5.41) is 18.0. The molecule has 1 amide bonds. The van der Waals surface area contributed by atoms with E-state index in [1.165, 1.54) is 4.90 Å². The van der Waals surface area contributed by atoms with Gasteiger partial charge in [0.1, 0.15) is 18.9 Å². The fourth-order valence-corrected chi connectivity index (χ4v) is 3.55. The number of carboxylic acid groups (broad SMARTS) is 1. The average molecular weight is 390 g/mol. The van der Waals surface area contributed by atoms with E-state index in [9.17, 15) is 9.59 Å². The highest BCUT2D eigenvalue weighted by Gasteiger charge is 2.39. The van der Waals surface area contributed by atoms with E-state index in [1.54, 1.807) is 18.2 Å². The van der Waals surface area contributed by atoms with Crippen LogP contribution in [0.15, 0.2) is 61.2 Å². The van der Waals surface area contributed by atoms with Crippen LogP contribution in [-0.2, 0) is 9.59 Å². The van der Waals surface area contributed by atoms with E-state index in [0.717, 1.165) is 11.1 Å². The number of benzene rings is 2. The molecule has 0 bridgehead atoms. The lowest BCUT2D eigenvalue weighted by molar-refractivity contribution is -0.144. The van der Waals surface area contributed by atoms with Crippen molar-refractivity contribution in [2.24, 2.45) is 5.92 Å². The van der Waals surface area contributed by atoms with E-state index >= 15 is 0 Å². The third kappa shape index (κ3) is 4.82. The summed E-state index contributed by atoms with van der Waals surface area (Å²) >= 11 is 0. The minimum atomic E-state index is -1.03. The molecular formula is C23H22N2O4. The second-order valence-electron chi connectivity index (χ2n) is 7.00. The number of nitriles is 1. The fourth-order valence-electron chi connectivity index (χ4n) is 3.55. The van der Waals surface area contributed by atoms with E-state index < -0.39 is 5.97 Å². The largest absolute Gasteiger partial charge is 0.491 e. The van der Waals surface area contributed by atoms with E-state index in [1.807, 2.05) is 36.4 Å². The fraction of sp³-hybridized carbons (Fsp3) is 0.261. The Morgan fingerprint density at radius 2 is 1.83 bits per heavy atom. The summed E-state index contributed by atoms with van der Waals surface area (Å²) in [5.74, 6) is -0.775. The van der Waals surface area contributed by atoms with Crippen molar-refractivity contribution in [3.63, 3.8) is 0 Å². The van der Waals surface area contributed by atoms with Crippen LogP contribution in [-0.4, -0.2) is 41.1 Å². The molecule has 1 N–H and O–H groups in total. The number of nitrogens with zero attached hydrogens (tertiary/aromatic N) is 2. The van der Waals surface area contributed by atoms with Gasteiger partial charge in [-0.05, 0) is 48.2 Å². The van der Waals surface area contributed by atoms with Gasteiger partial charge in [-0.3, -0.25) is 9.59 Å². The van der Waals surface area contributed by atoms with Crippen molar-refractivity contribution < 1.29 is 19.4 Å². The van der Waals surface area contributed by atoms with E-state index in [-0.39, 0.29) is 31.0 Å². The van der Waals surface area contributed by atoms with Gasteiger partial charge in [0.25, 0.3) is 0 Å². The van der Waals surface area contributed by atoms with Gasteiger partial charge < -0.3 is 14.7 Å². The minimum absolute atomic E-state index is 0.155. The molecule has 6 nitrogen and oxygen atoms in total. The molecule has 2 aromatic rings. The minimum Gasteiger partial charge on any atom is -0.491 e. The number of carbonyl (C=O) groups excluding carboxylic acids is 1. The van der Waals surface area contributed by atoms with E-state index in [0.29, 0.717) is 24.2 Å². The first-order chi connectivity index (χ1) is 14.0. The predicted molar refractivity (Wildman–Crippen MR) is 108 cm³/mol. The summed E-state index contributed by atoms with van der Waals surface area (Å²) in [6, 6.07) is 16.7. The van der Waals surface area contributed by atoms with Crippen LogP contribution in [0.2, 0.25) is 0 Å². The molecule has 0 radical (unpaired) electrons. The van der Waals surface area contributed by atoms with Crippen molar-refractivity contribution >= 4 is 11.9 Å². The van der Waals surface area contributed by atoms with Crippen LogP contribution in [0.4, 0.5) is 0 Å². The maximum atomic E-state index is 12.4. The lowest BCUT2D eigenvalue weighted by Gasteiger charge is -2.23. The standard InChI is InChI=1S/C23H22N2O4/c1-2-3-19-12-20(25(23(19)28)14-22(26)27)15-29-21-10-8-18(9-11-21)17-6-4-16(13-24)5-7-17/h2,4-11,19-20H,1,3,12,14-15H2,(H,26,27)/t19-,20+/m1/s1. The number of rotatable bonds is 8. The highest BCUT2D eigenvalue weighted by molar-refractivity contribution is 5.85. The Kier molecular flexibility index (Phi) is 6.30. The number of carboxylic acids is 1. The van der Waals surface area contributed by atoms with Crippen LogP contribution in [0.5, 0.6) is 5.75 Å². The van der Waals surface area contributed by atoms with Crippen LogP contribution in [0.1, 0.15) is 18.4 Å². The quantitative estimate of drug-likeness (QED) is 0.697. The molecule has 1 fully saturated rings. The van der Waals surface area contributed by atoms with Gasteiger partial charge >= 0.3 is 5.97 Å². The van der Waals surface area contributed by atoms with Gasteiger partial charge in [0, 0.05) is 5.92 Å². The molecule has 6 heteroatoms. The van der Waals surface area contributed by atoms with Crippen molar-refractivity contribution in [1.82, 2.24) is 4.90 Å². The molecule has 2 aromatic carbocycles. The van der Waals surface area contributed by atoms with Crippen molar-refractivity contribution in [3.8, 4) is 22.9 Å². The smallest absolute Gasteiger partial charge is 0.323 e. The lowest BCUT2D eigenvalue weighted by atomic mass is 10.0. The van der Waals surface area contributed by atoms with E-state index in [2.05, 4.69) is 12.6 Å². The first-order valence-corrected chi connectivity index (χ1v) is 9.38. The van der Waals surface area contributed by atoms with Crippen LogP contribution < -0.4 is 4.74 Å². The predicted octanol–water partition coefficient (Wildman–Crippen LogP) is 3.48. The zero-order chi connectivity index (χ0) is 20.8. The molecule has 1 aliphatic heterocycles. The molecule has 0 saturated carbocycles. The maximum absolute atomic E-state index is 12.4. The lowest BCUT2D eigenvalue weighted by Crippen LogP contribution is -2.40. The van der Waals surface area contributed by atoms with Gasteiger partial charge in [0.05, 0.1) is 17.7 Å². The zero-order valence-electron chi connectivity index (χ0n) is 16.0.